The number of ether oxygens (including phenoxy) is 2. The molecule has 4 heterocycles. The molecule has 9 nitrogen and oxygen atoms in total. The molecule has 9 heteroatoms. The van der Waals surface area contributed by atoms with Crippen molar-refractivity contribution < 1.29 is 28.7 Å². The number of esters is 2. The number of cyclic esters (lactones) is 2. The zero-order valence-corrected chi connectivity index (χ0v) is 30.9. The summed E-state index contributed by atoms with van der Waals surface area (Å²) in [5.74, 6) is 0.295. The summed E-state index contributed by atoms with van der Waals surface area (Å²) in [6.07, 6.45) is 25.6. The van der Waals surface area contributed by atoms with E-state index in [1.54, 1.807) is 12.3 Å². The molecule has 2 bridgehead atoms. The summed E-state index contributed by atoms with van der Waals surface area (Å²) >= 11 is 0. The Balaban J connectivity index is 1.21. The molecule has 1 saturated heterocycles. The first kappa shape index (κ1) is 34.5. The van der Waals surface area contributed by atoms with Gasteiger partial charge in [-0.25, -0.2) is 14.6 Å². The van der Waals surface area contributed by atoms with Crippen LogP contribution in [0.4, 0.5) is 5.82 Å². The third-order valence-corrected chi connectivity index (χ3v) is 14.6. The number of pyridine rings is 1. The first-order valence-electron chi connectivity index (χ1n) is 20.3. The second-order valence-electron chi connectivity index (χ2n) is 17.1. The SMILES string of the molecule is CCC1(C=C2OC(=O)C3=C2CCC2C4CCC5(C(=CCCC6CCCCC6)OC(=O)C5=C4C(CN4C(=O)C=CC4=O)c4ccnc(N)c4)C32)CCCC1. The summed E-state index contributed by atoms with van der Waals surface area (Å²) < 4.78 is 12.7. The minimum absolute atomic E-state index is 0.0481. The lowest BCUT2D eigenvalue weighted by Gasteiger charge is -2.57. The van der Waals surface area contributed by atoms with Crippen LogP contribution in [-0.4, -0.2) is 40.2 Å². The van der Waals surface area contributed by atoms with E-state index in [0.29, 0.717) is 29.5 Å². The van der Waals surface area contributed by atoms with Gasteiger partial charge in [0, 0.05) is 47.9 Å². The smallest absolute Gasteiger partial charge is 0.340 e. The van der Waals surface area contributed by atoms with Gasteiger partial charge in [-0.3, -0.25) is 14.5 Å². The molecule has 9 aliphatic rings. The Kier molecular flexibility index (Phi) is 8.62. The van der Waals surface area contributed by atoms with E-state index < -0.39 is 11.3 Å². The molecule has 53 heavy (non-hydrogen) atoms. The number of nitrogen functional groups attached to an aromatic ring is 1. The predicted octanol–water partition coefficient (Wildman–Crippen LogP) is 7.91. The van der Waals surface area contributed by atoms with Crippen LogP contribution in [0.2, 0.25) is 0 Å². The average molecular weight is 718 g/mol. The number of fused-ring (bicyclic) bond motifs is 1. The van der Waals surface area contributed by atoms with E-state index in [1.807, 2.05) is 6.07 Å². The molecule has 3 aliphatic heterocycles. The fourth-order valence-corrected chi connectivity index (χ4v) is 12.1. The maximum atomic E-state index is 14.6. The standard InChI is InChI=1S/C44H51N3O6/c1-2-43(19-6-7-20-43)24-32-30-14-13-29-28-17-21-44(39(29)38(30)41(50)52-32)33(12-8-11-26-9-4-3-5-10-26)53-42(51)40(44)37(28)31(27-18-22-46-34(45)23-27)25-47-35(48)15-16-36(47)49/h12,15-16,18,22-24,26,28-29,31,39H,2-11,13-14,17,19-21,25H2,1H3,(H2,45,46). The van der Waals surface area contributed by atoms with Gasteiger partial charge in [0.05, 0.1) is 11.0 Å². The van der Waals surface area contributed by atoms with Gasteiger partial charge in [0.2, 0.25) is 0 Å². The molecule has 5 atom stereocenters. The highest BCUT2D eigenvalue weighted by molar-refractivity contribution is 6.13. The number of anilines is 1. The van der Waals surface area contributed by atoms with Crippen LogP contribution < -0.4 is 5.73 Å². The van der Waals surface area contributed by atoms with Crippen LogP contribution in [0, 0.1) is 34.5 Å². The summed E-state index contributed by atoms with van der Waals surface area (Å²) in [5.41, 5.74) is 9.59. The van der Waals surface area contributed by atoms with E-state index in [0.717, 1.165) is 79.4 Å². The van der Waals surface area contributed by atoms with Gasteiger partial charge in [0.15, 0.2) is 0 Å². The van der Waals surface area contributed by atoms with E-state index in [2.05, 4.69) is 24.1 Å². The molecule has 1 spiro atoms. The van der Waals surface area contributed by atoms with Crippen LogP contribution in [0.15, 0.2) is 76.4 Å². The Labute approximate surface area is 311 Å². The van der Waals surface area contributed by atoms with Crippen molar-refractivity contribution in [1.82, 2.24) is 9.88 Å². The predicted molar refractivity (Wildman–Crippen MR) is 198 cm³/mol. The number of carbonyl (C=O) groups excluding carboxylic acids is 4. The van der Waals surface area contributed by atoms with E-state index >= 15 is 0 Å². The summed E-state index contributed by atoms with van der Waals surface area (Å²) in [7, 11) is 0. The van der Waals surface area contributed by atoms with Crippen molar-refractivity contribution in [2.45, 2.75) is 116 Å². The molecular weight excluding hydrogens is 666 g/mol. The van der Waals surface area contributed by atoms with Crippen molar-refractivity contribution in [3.8, 4) is 0 Å². The topological polar surface area (TPSA) is 129 Å². The first-order chi connectivity index (χ1) is 25.7. The molecule has 1 aromatic heterocycles. The number of nitrogens with zero attached hydrogens (tertiary/aromatic N) is 2. The van der Waals surface area contributed by atoms with Crippen molar-refractivity contribution in [3.05, 3.63) is 82.0 Å². The van der Waals surface area contributed by atoms with Crippen molar-refractivity contribution >= 4 is 29.6 Å². The van der Waals surface area contributed by atoms with Gasteiger partial charge in [-0.2, -0.15) is 0 Å². The van der Waals surface area contributed by atoms with Crippen molar-refractivity contribution in [2.75, 3.05) is 12.3 Å². The maximum absolute atomic E-state index is 14.6. The number of hydrogen-bond acceptors (Lipinski definition) is 8. The summed E-state index contributed by atoms with van der Waals surface area (Å²) in [6.45, 7) is 2.31. The van der Waals surface area contributed by atoms with Crippen LogP contribution in [0.3, 0.4) is 0 Å². The van der Waals surface area contributed by atoms with Gasteiger partial charge in [-0.15, -0.1) is 0 Å². The number of carbonyl (C=O) groups is 4. The van der Waals surface area contributed by atoms with Crippen molar-refractivity contribution in [1.29, 1.82) is 0 Å². The summed E-state index contributed by atoms with van der Waals surface area (Å²) in [5, 5.41) is 0. The number of nitrogens with two attached hydrogens (primary N) is 1. The van der Waals surface area contributed by atoms with Gasteiger partial charge in [0.25, 0.3) is 11.8 Å². The lowest BCUT2D eigenvalue weighted by molar-refractivity contribution is -0.137. The van der Waals surface area contributed by atoms with Gasteiger partial charge in [-0.1, -0.05) is 51.9 Å². The fourth-order valence-electron chi connectivity index (χ4n) is 12.1. The molecule has 5 unspecified atom stereocenters. The summed E-state index contributed by atoms with van der Waals surface area (Å²) in [4.78, 5) is 60.5. The lowest BCUT2D eigenvalue weighted by atomic mass is 9.43. The molecule has 4 fully saturated rings. The minimum atomic E-state index is -0.836. The molecule has 6 aliphatic carbocycles. The van der Waals surface area contributed by atoms with Crippen molar-refractivity contribution in [2.24, 2.45) is 34.5 Å². The Morgan fingerprint density at radius 2 is 1.74 bits per heavy atom. The van der Waals surface area contributed by atoms with Gasteiger partial charge in [0.1, 0.15) is 17.3 Å². The Hall–Kier alpha value is -4.27. The van der Waals surface area contributed by atoms with Crippen LogP contribution in [-0.2, 0) is 28.7 Å². The largest absolute Gasteiger partial charge is 0.427 e. The molecule has 1 aromatic rings. The van der Waals surface area contributed by atoms with Crippen LogP contribution in [0.5, 0.6) is 0 Å². The molecule has 10 rings (SSSR count). The molecule has 3 saturated carbocycles. The highest BCUT2D eigenvalue weighted by Gasteiger charge is 2.69. The number of hydrogen-bond donors (Lipinski definition) is 1. The second-order valence-corrected chi connectivity index (χ2v) is 17.1. The van der Waals surface area contributed by atoms with Gasteiger partial charge >= 0.3 is 11.9 Å². The minimum Gasteiger partial charge on any atom is -0.427 e. The third kappa shape index (κ3) is 5.50. The number of amides is 2. The Morgan fingerprint density at radius 1 is 0.962 bits per heavy atom. The first-order valence-corrected chi connectivity index (χ1v) is 20.3. The van der Waals surface area contributed by atoms with Gasteiger partial charge in [-0.05, 0) is 116 Å². The van der Waals surface area contributed by atoms with E-state index in [1.165, 1.54) is 62.0 Å². The normalized spacial score (nSPS) is 32.5. The zero-order valence-electron chi connectivity index (χ0n) is 30.9. The molecule has 278 valence electrons. The second kappa shape index (κ2) is 13.2. The fraction of sp³-hybridized carbons (Fsp3) is 0.568. The zero-order chi connectivity index (χ0) is 36.5. The molecule has 0 aromatic carbocycles. The van der Waals surface area contributed by atoms with Crippen LogP contribution in [0.25, 0.3) is 0 Å². The van der Waals surface area contributed by atoms with Crippen molar-refractivity contribution in [3.63, 3.8) is 0 Å². The van der Waals surface area contributed by atoms with Gasteiger partial charge < -0.3 is 15.2 Å². The average Bonchev–Trinajstić information content (AvgIpc) is 3.92. The maximum Gasteiger partial charge on any atom is 0.340 e. The number of allylic oxidation sites excluding steroid dienone is 4. The third-order valence-electron chi connectivity index (χ3n) is 14.6. The number of aromatic nitrogens is 1. The molecule has 2 N–H and O–H groups in total. The highest BCUT2D eigenvalue weighted by atomic mass is 16.5. The van der Waals surface area contributed by atoms with E-state index in [-0.39, 0.29) is 53.5 Å². The van der Waals surface area contributed by atoms with E-state index in [4.69, 9.17) is 15.2 Å². The van der Waals surface area contributed by atoms with Crippen LogP contribution in [0.1, 0.15) is 121 Å². The van der Waals surface area contributed by atoms with E-state index in [9.17, 15) is 19.2 Å². The lowest BCUT2D eigenvalue weighted by Crippen LogP contribution is -2.53. The highest BCUT2D eigenvalue weighted by Crippen LogP contribution is 2.72. The number of rotatable bonds is 9. The summed E-state index contributed by atoms with van der Waals surface area (Å²) in [6, 6.07) is 3.67. The Morgan fingerprint density at radius 3 is 2.47 bits per heavy atom. The molecule has 2 amide bonds. The molecule has 0 radical (unpaired) electrons. The number of imide groups is 1. The monoisotopic (exact) mass is 717 g/mol. The Bertz CT molecular complexity index is 1900. The van der Waals surface area contributed by atoms with Crippen LogP contribution >= 0.6 is 0 Å². The quantitative estimate of drug-likeness (QED) is 0.202. The molecular formula is C44H51N3O6.